The van der Waals surface area contributed by atoms with Gasteiger partial charge in [-0.25, -0.2) is 4.39 Å². The zero-order chi connectivity index (χ0) is 19.1. The summed E-state index contributed by atoms with van der Waals surface area (Å²) in [4.78, 5) is 0. The van der Waals surface area contributed by atoms with Crippen LogP contribution in [0.3, 0.4) is 0 Å². The summed E-state index contributed by atoms with van der Waals surface area (Å²) in [6.45, 7) is 1.05. The van der Waals surface area contributed by atoms with Gasteiger partial charge in [-0.1, -0.05) is 34.1 Å². The van der Waals surface area contributed by atoms with Gasteiger partial charge in [-0.2, -0.15) is 0 Å². The summed E-state index contributed by atoms with van der Waals surface area (Å²) in [6, 6.07) is 13.6. The predicted molar refractivity (Wildman–Crippen MR) is 120 cm³/mol. The minimum Gasteiger partial charge on any atom is -0.488 e. The third kappa shape index (κ3) is 4.50. The second-order valence-electron chi connectivity index (χ2n) is 8.97. The number of halogens is 3. The maximum Gasteiger partial charge on any atom is 0.129 e. The second kappa shape index (κ2) is 8.95. The Kier molecular flexibility index (Phi) is 6.53. The second-order valence-corrected chi connectivity index (χ2v) is 9.89. The molecule has 0 aromatic heterocycles. The normalized spacial score (nSPS) is 29.5. The lowest BCUT2D eigenvalue weighted by Gasteiger charge is -2.54. The molecular formula is C24H28BrClFNO. The van der Waals surface area contributed by atoms with E-state index in [-0.39, 0.29) is 24.8 Å². The Hall–Kier alpha value is -1.10. The monoisotopic (exact) mass is 479 g/mol. The Balaban J connectivity index is 0.00000205. The summed E-state index contributed by atoms with van der Waals surface area (Å²) in [7, 11) is 0. The molecule has 156 valence electrons. The standard InChI is InChI=1S/C24H27BrFNO.ClH/c25-21-5-6-23(28-14-17-3-1-2-4-22(17)26)20(12-21)13-27-24-18-8-15-7-16(10-18)11-19(24)9-15;/h1-6,12,15-16,18-19,24,27H,7-11,13-14H2;1H. The van der Waals surface area contributed by atoms with Crippen LogP contribution in [0.25, 0.3) is 0 Å². The molecule has 0 spiro atoms. The van der Waals surface area contributed by atoms with Crippen LogP contribution in [0.1, 0.15) is 43.2 Å². The molecule has 4 fully saturated rings. The van der Waals surface area contributed by atoms with Gasteiger partial charge in [0.25, 0.3) is 0 Å². The summed E-state index contributed by atoms with van der Waals surface area (Å²) in [5.74, 6) is 4.31. The average Bonchev–Trinajstić information content (AvgIpc) is 2.67. The number of benzene rings is 2. The van der Waals surface area contributed by atoms with Crippen molar-refractivity contribution >= 4 is 28.3 Å². The first-order valence-electron chi connectivity index (χ1n) is 10.5. The lowest BCUT2D eigenvalue weighted by molar-refractivity contribution is -0.0143. The fourth-order valence-corrected chi connectivity index (χ4v) is 6.49. The van der Waals surface area contributed by atoms with Gasteiger partial charge in [0.1, 0.15) is 18.2 Å². The third-order valence-corrected chi connectivity index (χ3v) is 7.61. The van der Waals surface area contributed by atoms with Gasteiger partial charge in [0.05, 0.1) is 0 Å². The maximum absolute atomic E-state index is 13.9. The van der Waals surface area contributed by atoms with E-state index in [1.54, 1.807) is 12.1 Å². The Morgan fingerprint density at radius 1 is 0.931 bits per heavy atom. The van der Waals surface area contributed by atoms with E-state index in [0.717, 1.165) is 46.0 Å². The van der Waals surface area contributed by atoms with Crippen molar-refractivity contribution in [1.29, 1.82) is 0 Å². The molecule has 4 bridgehead atoms. The van der Waals surface area contributed by atoms with E-state index in [1.807, 2.05) is 18.2 Å². The zero-order valence-corrected chi connectivity index (χ0v) is 18.9. The SMILES string of the molecule is Cl.Fc1ccccc1COc1ccc(Br)cc1CNC1C2CC3CC(C2)CC1C3. The van der Waals surface area contributed by atoms with Crippen LogP contribution in [0.2, 0.25) is 0 Å². The van der Waals surface area contributed by atoms with E-state index in [1.165, 1.54) is 38.2 Å². The molecular weight excluding hydrogens is 453 g/mol. The molecule has 2 nitrogen and oxygen atoms in total. The highest BCUT2D eigenvalue weighted by atomic mass is 79.9. The van der Waals surface area contributed by atoms with E-state index < -0.39 is 0 Å². The van der Waals surface area contributed by atoms with E-state index in [0.29, 0.717) is 11.6 Å². The van der Waals surface area contributed by atoms with Crippen LogP contribution in [0.15, 0.2) is 46.9 Å². The Bertz CT molecular complexity index is 833. The van der Waals surface area contributed by atoms with E-state index >= 15 is 0 Å². The van der Waals surface area contributed by atoms with Gasteiger partial charge < -0.3 is 10.1 Å². The highest BCUT2D eigenvalue weighted by Gasteiger charge is 2.47. The van der Waals surface area contributed by atoms with Crippen LogP contribution >= 0.6 is 28.3 Å². The van der Waals surface area contributed by atoms with E-state index in [4.69, 9.17) is 4.74 Å². The quantitative estimate of drug-likeness (QED) is 0.509. The first-order chi connectivity index (χ1) is 13.7. The number of ether oxygens (including phenoxy) is 1. The number of nitrogens with one attached hydrogen (secondary N) is 1. The Morgan fingerprint density at radius 3 is 2.31 bits per heavy atom. The summed E-state index contributed by atoms with van der Waals surface area (Å²) in [6.07, 6.45) is 7.15. The first kappa shape index (κ1) is 21.1. The number of rotatable bonds is 6. The van der Waals surface area contributed by atoms with Gasteiger partial charge in [-0.05, 0) is 80.0 Å². The molecule has 0 radical (unpaired) electrons. The molecule has 5 heteroatoms. The van der Waals surface area contributed by atoms with Crippen LogP contribution in [-0.4, -0.2) is 6.04 Å². The molecule has 0 atom stereocenters. The fraction of sp³-hybridized carbons (Fsp3) is 0.500. The highest BCUT2D eigenvalue weighted by Crippen LogP contribution is 2.53. The van der Waals surface area contributed by atoms with Crippen molar-refractivity contribution in [2.24, 2.45) is 23.7 Å². The average molecular weight is 481 g/mol. The van der Waals surface area contributed by atoms with Crippen molar-refractivity contribution in [3.8, 4) is 5.75 Å². The van der Waals surface area contributed by atoms with Crippen molar-refractivity contribution in [3.63, 3.8) is 0 Å². The predicted octanol–water partition coefficient (Wildman–Crippen LogP) is 6.50. The fourth-order valence-electron chi connectivity index (χ4n) is 6.08. The zero-order valence-electron chi connectivity index (χ0n) is 16.5. The van der Waals surface area contributed by atoms with Gasteiger partial charge >= 0.3 is 0 Å². The van der Waals surface area contributed by atoms with Crippen molar-refractivity contribution in [1.82, 2.24) is 5.32 Å². The van der Waals surface area contributed by atoms with Crippen molar-refractivity contribution in [2.75, 3.05) is 0 Å². The molecule has 0 aliphatic heterocycles. The topological polar surface area (TPSA) is 21.3 Å². The number of hydrogen-bond acceptors (Lipinski definition) is 2. The molecule has 2 aromatic carbocycles. The summed E-state index contributed by atoms with van der Waals surface area (Å²) in [5, 5.41) is 3.88. The summed E-state index contributed by atoms with van der Waals surface area (Å²) < 4.78 is 21.0. The molecule has 1 N–H and O–H groups in total. The minimum absolute atomic E-state index is 0. The number of hydrogen-bond donors (Lipinski definition) is 1. The molecule has 0 unspecified atom stereocenters. The van der Waals surface area contributed by atoms with Crippen molar-refractivity contribution < 1.29 is 9.13 Å². The smallest absolute Gasteiger partial charge is 0.129 e. The Morgan fingerprint density at radius 2 is 1.62 bits per heavy atom. The minimum atomic E-state index is -0.215. The molecule has 0 amide bonds. The lowest BCUT2D eigenvalue weighted by atomic mass is 9.54. The van der Waals surface area contributed by atoms with Crippen LogP contribution in [0, 0.1) is 29.5 Å². The molecule has 2 aromatic rings. The van der Waals surface area contributed by atoms with Gasteiger partial charge in [0, 0.05) is 28.2 Å². The van der Waals surface area contributed by atoms with Crippen molar-refractivity contribution in [2.45, 2.75) is 51.3 Å². The molecule has 0 saturated heterocycles. The summed E-state index contributed by atoms with van der Waals surface area (Å²) in [5.41, 5.74) is 1.73. The first-order valence-corrected chi connectivity index (χ1v) is 11.3. The van der Waals surface area contributed by atoms with Crippen LogP contribution < -0.4 is 10.1 Å². The largest absolute Gasteiger partial charge is 0.488 e. The van der Waals surface area contributed by atoms with Gasteiger partial charge in [0.2, 0.25) is 0 Å². The van der Waals surface area contributed by atoms with E-state index in [9.17, 15) is 4.39 Å². The molecule has 4 aliphatic carbocycles. The van der Waals surface area contributed by atoms with Gasteiger partial charge in [0.15, 0.2) is 0 Å². The van der Waals surface area contributed by atoms with Crippen LogP contribution in [-0.2, 0) is 13.2 Å². The van der Waals surface area contributed by atoms with Crippen LogP contribution in [0.4, 0.5) is 4.39 Å². The van der Waals surface area contributed by atoms with Crippen LogP contribution in [0.5, 0.6) is 5.75 Å². The molecule has 4 saturated carbocycles. The maximum atomic E-state index is 13.9. The highest BCUT2D eigenvalue weighted by molar-refractivity contribution is 9.10. The van der Waals surface area contributed by atoms with Gasteiger partial charge in [-0.15, -0.1) is 12.4 Å². The van der Waals surface area contributed by atoms with Gasteiger partial charge in [-0.3, -0.25) is 0 Å². The Labute approximate surface area is 187 Å². The third-order valence-electron chi connectivity index (χ3n) is 7.12. The molecule has 4 aliphatic rings. The van der Waals surface area contributed by atoms with Crippen molar-refractivity contribution in [3.05, 3.63) is 63.9 Å². The summed E-state index contributed by atoms with van der Waals surface area (Å²) >= 11 is 3.59. The molecule has 0 heterocycles. The lowest BCUT2D eigenvalue weighted by Crippen LogP contribution is -2.54. The molecule has 6 rings (SSSR count). The van der Waals surface area contributed by atoms with E-state index in [2.05, 4.69) is 27.3 Å². The molecule has 29 heavy (non-hydrogen) atoms.